The number of rotatable bonds is 3. The van der Waals surface area contributed by atoms with Gasteiger partial charge in [-0.1, -0.05) is 6.07 Å². The second-order valence-electron chi connectivity index (χ2n) is 6.40. The van der Waals surface area contributed by atoms with E-state index in [1.54, 1.807) is 31.9 Å². The maximum atomic E-state index is 14.2. The van der Waals surface area contributed by atoms with Gasteiger partial charge in [0.2, 0.25) is 11.8 Å². The molecule has 2 atom stereocenters. The predicted octanol–water partition coefficient (Wildman–Crippen LogP) is 3.64. The molecule has 6 nitrogen and oxygen atoms in total. The molecule has 1 fully saturated rings. The highest BCUT2D eigenvalue weighted by molar-refractivity contribution is 7.21. The van der Waals surface area contributed by atoms with E-state index in [1.807, 2.05) is 6.07 Å². The Morgan fingerprint density at radius 2 is 2.19 bits per heavy atom. The van der Waals surface area contributed by atoms with Crippen molar-refractivity contribution in [1.29, 1.82) is 0 Å². The maximum absolute atomic E-state index is 14.2. The van der Waals surface area contributed by atoms with Crippen molar-refractivity contribution in [3.05, 3.63) is 46.2 Å². The number of ether oxygens (including phenoxy) is 1. The van der Waals surface area contributed by atoms with Crippen molar-refractivity contribution < 1.29 is 18.3 Å². The molecule has 0 spiro atoms. The van der Waals surface area contributed by atoms with Gasteiger partial charge in [0.05, 0.1) is 11.0 Å². The molecule has 0 bridgehead atoms. The molecule has 0 saturated carbocycles. The topological polar surface area (TPSA) is 68.5 Å². The highest BCUT2D eigenvalue weighted by atomic mass is 32.1. The Bertz CT molecular complexity index is 983. The number of amides is 1. The summed E-state index contributed by atoms with van der Waals surface area (Å²) in [4.78, 5) is 15.5. The van der Waals surface area contributed by atoms with Crippen LogP contribution >= 0.6 is 11.3 Å². The minimum atomic E-state index is -0.344. The molecule has 3 heterocycles. The molecule has 1 aliphatic heterocycles. The summed E-state index contributed by atoms with van der Waals surface area (Å²) < 4.78 is 26.0. The zero-order chi connectivity index (χ0) is 18.4. The molecule has 1 aromatic carbocycles. The Hall–Kier alpha value is -2.32. The summed E-state index contributed by atoms with van der Waals surface area (Å²) >= 11 is 1.31. The Morgan fingerprint density at radius 1 is 1.38 bits per heavy atom. The number of aryl methyl sites for hydroxylation is 2. The molecule has 1 amide bonds. The van der Waals surface area contributed by atoms with E-state index in [-0.39, 0.29) is 23.9 Å². The van der Waals surface area contributed by atoms with Gasteiger partial charge in [-0.2, -0.15) is 0 Å². The number of nitrogens with zero attached hydrogens (tertiary/aromatic N) is 3. The fourth-order valence-electron chi connectivity index (χ4n) is 3.46. The smallest absolute Gasteiger partial charge is 0.265 e. The van der Waals surface area contributed by atoms with Crippen molar-refractivity contribution >= 4 is 27.3 Å². The normalized spacial score (nSPS) is 20.2. The van der Waals surface area contributed by atoms with Crippen molar-refractivity contribution in [3.63, 3.8) is 0 Å². The summed E-state index contributed by atoms with van der Waals surface area (Å²) in [6.07, 6.45) is 0.477. The van der Waals surface area contributed by atoms with E-state index < -0.39 is 0 Å². The third-order valence-corrected chi connectivity index (χ3v) is 6.03. The van der Waals surface area contributed by atoms with Gasteiger partial charge in [0.1, 0.15) is 11.9 Å². The summed E-state index contributed by atoms with van der Waals surface area (Å²) in [5, 5.41) is 8.46. The number of hydrogen-bond acceptors (Lipinski definition) is 6. The van der Waals surface area contributed by atoms with Crippen LogP contribution in [-0.4, -0.2) is 40.8 Å². The molecule has 136 valence electrons. The molecule has 8 heteroatoms. The molecule has 4 rings (SSSR count). The van der Waals surface area contributed by atoms with Gasteiger partial charge in [-0.25, -0.2) is 4.39 Å². The van der Waals surface area contributed by atoms with Crippen molar-refractivity contribution in [2.45, 2.75) is 32.4 Å². The van der Waals surface area contributed by atoms with Crippen LogP contribution in [0.4, 0.5) is 4.39 Å². The zero-order valence-corrected chi connectivity index (χ0v) is 15.5. The second-order valence-corrected chi connectivity index (χ2v) is 7.45. The van der Waals surface area contributed by atoms with Crippen LogP contribution in [0.3, 0.4) is 0 Å². The van der Waals surface area contributed by atoms with E-state index in [1.165, 1.54) is 17.4 Å². The highest BCUT2D eigenvalue weighted by Gasteiger charge is 2.40. The zero-order valence-electron chi connectivity index (χ0n) is 14.7. The lowest BCUT2D eigenvalue weighted by molar-refractivity contribution is 0.0678. The molecule has 26 heavy (non-hydrogen) atoms. The number of halogens is 1. The van der Waals surface area contributed by atoms with Crippen molar-refractivity contribution in [1.82, 2.24) is 15.1 Å². The molecule has 0 unspecified atom stereocenters. The van der Waals surface area contributed by atoms with Crippen LogP contribution in [0.1, 0.15) is 39.5 Å². The molecule has 0 radical (unpaired) electrons. The Labute approximate surface area is 153 Å². The molecule has 2 aromatic heterocycles. The van der Waals surface area contributed by atoms with Gasteiger partial charge in [0, 0.05) is 37.1 Å². The SMILES string of the molecule is CO[C@H]1C[C@H](c2nnc(C)o2)N(C(=O)c2sc3cccc(F)c3c2C)C1. The number of hydrogen-bond donors (Lipinski definition) is 0. The number of likely N-dealkylation sites (tertiary alicyclic amines) is 1. The number of carbonyl (C=O) groups excluding carboxylic acids is 1. The number of aromatic nitrogens is 2. The van der Waals surface area contributed by atoms with Gasteiger partial charge >= 0.3 is 0 Å². The van der Waals surface area contributed by atoms with E-state index in [2.05, 4.69) is 10.2 Å². The number of fused-ring (bicyclic) bond motifs is 1. The Kier molecular flexibility index (Phi) is 4.24. The molecule has 1 aliphatic rings. The van der Waals surface area contributed by atoms with Gasteiger partial charge in [-0.05, 0) is 24.6 Å². The van der Waals surface area contributed by atoms with E-state index in [0.717, 1.165) is 4.70 Å². The summed E-state index contributed by atoms with van der Waals surface area (Å²) in [6.45, 7) is 3.92. The third-order valence-electron chi connectivity index (χ3n) is 4.78. The van der Waals surface area contributed by atoms with Gasteiger partial charge < -0.3 is 14.1 Å². The first-order valence-electron chi connectivity index (χ1n) is 8.31. The second kappa shape index (κ2) is 6.44. The number of carbonyl (C=O) groups is 1. The van der Waals surface area contributed by atoms with Gasteiger partial charge in [0.25, 0.3) is 5.91 Å². The third kappa shape index (κ3) is 2.69. The van der Waals surface area contributed by atoms with E-state index in [0.29, 0.717) is 40.6 Å². The van der Waals surface area contributed by atoms with E-state index >= 15 is 0 Å². The minimum absolute atomic E-state index is 0.109. The summed E-state index contributed by atoms with van der Waals surface area (Å²) in [5.74, 6) is 0.382. The summed E-state index contributed by atoms with van der Waals surface area (Å²) in [6, 6.07) is 4.55. The lowest BCUT2D eigenvalue weighted by atomic mass is 10.1. The van der Waals surface area contributed by atoms with Crippen LogP contribution in [0.5, 0.6) is 0 Å². The van der Waals surface area contributed by atoms with Crippen molar-refractivity contribution in [3.8, 4) is 0 Å². The molecule has 1 saturated heterocycles. The standard InChI is InChI=1S/C18H18FN3O3S/c1-9-15-12(19)5-4-6-14(15)26-16(9)18(23)22-8-11(24-3)7-13(22)17-21-20-10(2)25-17/h4-6,11,13H,7-8H2,1-3H3/t11-,13+/m0/s1. The van der Waals surface area contributed by atoms with Crippen LogP contribution in [0.25, 0.3) is 10.1 Å². The molecule has 0 N–H and O–H groups in total. The molecule has 3 aromatic rings. The lowest BCUT2D eigenvalue weighted by Crippen LogP contribution is -2.32. The van der Waals surface area contributed by atoms with Crippen molar-refractivity contribution in [2.24, 2.45) is 0 Å². The highest BCUT2D eigenvalue weighted by Crippen LogP contribution is 2.38. The Morgan fingerprint density at radius 3 is 2.85 bits per heavy atom. The first-order chi connectivity index (χ1) is 12.5. The fraction of sp³-hybridized carbons (Fsp3) is 0.389. The number of thiophene rings is 1. The maximum Gasteiger partial charge on any atom is 0.265 e. The molecular weight excluding hydrogens is 357 g/mol. The van der Waals surface area contributed by atoms with E-state index in [4.69, 9.17) is 9.15 Å². The average Bonchev–Trinajstić information content (AvgIpc) is 3.31. The van der Waals surface area contributed by atoms with Crippen molar-refractivity contribution in [2.75, 3.05) is 13.7 Å². The number of methoxy groups -OCH3 is 1. The fourth-order valence-corrected chi connectivity index (χ4v) is 4.64. The first-order valence-corrected chi connectivity index (χ1v) is 9.12. The monoisotopic (exact) mass is 375 g/mol. The largest absolute Gasteiger partial charge is 0.423 e. The van der Waals surface area contributed by atoms with Crippen LogP contribution in [-0.2, 0) is 4.74 Å². The number of benzene rings is 1. The Balaban J connectivity index is 1.74. The van der Waals surface area contributed by atoms with Gasteiger partial charge in [0.15, 0.2) is 0 Å². The summed E-state index contributed by atoms with van der Waals surface area (Å²) in [7, 11) is 1.62. The molecular formula is C18H18FN3O3S. The van der Waals surface area contributed by atoms with Gasteiger partial charge in [-0.15, -0.1) is 21.5 Å². The predicted molar refractivity (Wildman–Crippen MR) is 94.7 cm³/mol. The first kappa shape index (κ1) is 17.1. The van der Waals surface area contributed by atoms with Crippen LogP contribution < -0.4 is 0 Å². The summed E-state index contributed by atoms with van der Waals surface area (Å²) in [5.41, 5.74) is 0.662. The van der Waals surface area contributed by atoms with Crippen LogP contribution in [0, 0.1) is 19.7 Å². The van der Waals surface area contributed by atoms with Crippen LogP contribution in [0.15, 0.2) is 22.6 Å². The average molecular weight is 375 g/mol. The lowest BCUT2D eigenvalue weighted by Gasteiger charge is -2.21. The van der Waals surface area contributed by atoms with E-state index in [9.17, 15) is 9.18 Å². The molecule has 0 aliphatic carbocycles. The quantitative estimate of drug-likeness (QED) is 0.699. The van der Waals surface area contributed by atoms with Crippen LogP contribution in [0.2, 0.25) is 0 Å². The van der Waals surface area contributed by atoms with Gasteiger partial charge in [-0.3, -0.25) is 4.79 Å². The minimum Gasteiger partial charge on any atom is -0.423 e.